The van der Waals surface area contributed by atoms with Gasteiger partial charge < -0.3 is 5.11 Å². The molecule has 1 aromatic rings. The Balaban J connectivity index is 2.14. The highest BCUT2D eigenvalue weighted by Gasteiger charge is 2.33. The lowest BCUT2D eigenvalue weighted by atomic mass is 9.82. The molecule has 2 rings (SSSR count). The Labute approximate surface area is 121 Å². The van der Waals surface area contributed by atoms with Gasteiger partial charge in [0.25, 0.3) is 0 Å². The van der Waals surface area contributed by atoms with Crippen LogP contribution in [0.1, 0.15) is 26.3 Å². The van der Waals surface area contributed by atoms with Gasteiger partial charge in [0.05, 0.1) is 6.61 Å². The first-order valence-corrected chi connectivity index (χ1v) is 8.14. The maximum atomic E-state index is 9.89. The van der Waals surface area contributed by atoms with Crippen LogP contribution < -0.4 is 0 Å². The smallest absolute Gasteiger partial charge is 0.0537 e. The second kappa shape index (κ2) is 6.29. The van der Waals surface area contributed by atoms with Gasteiger partial charge in [0.15, 0.2) is 0 Å². The van der Waals surface area contributed by atoms with Crippen molar-refractivity contribution in [3.63, 3.8) is 0 Å². The van der Waals surface area contributed by atoms with E-state index < -0.39 is 0 Å². The fourth-order valence-electron chi connectivity index (χ4n) is 2.74. The number of hydrogen-bond acceptors (Lipinski definition) is 3. The Bertz CT molecular complexity index is 397. The summed E-state index contributed by atoms with van der Waals surface area (Å²) in [7, 11) is 0. The monoisotopic (exact) mass is 279 g/mol. The number of thioether (sulfide) groups is 1. The Morgan fingerprint density at radius 3 is 2.63 bits per heavy atom. The normalized spacial score (nSPS) is 28.0. The molecule has 106 valence electrons. The molecule has 1 aliphatic heterocycles. The zero-order valence-electron chi connectivity index (χ0n) is 12.2. The molecule has 0 bridgehead atoms. The van der Waals surface area contributed by atoms with E-state index >= 15 is 0 Å². The van der Waals surface area contributed by atoms with Gasteiger partial charge >= 0.3 is 0 Å². The molecule has 19 heavy (non-hydrogen) atoms. The lowest BCUT2D eigenvalue weighted by Gasteiger charge is -2.42. The summed E-state index contributed by atoms with van der Waals surface area (Å²) < 4.78 is 0. The van der Waals surface area contributed by atoms with Gasteiger partial charge in [-0.1, -0.05) is 44.2 Å². The molecule has 1 saturated heterocycles. The highest BCUT2D eigenvalue weighted by molar-refractivity contribution is 8.00. The van der Waals surface area contributed by atoms with Crippen molar-refractivity contribution in [3.05, 3.63) is 35.9 Å². The largest absolute Gasteiger partial charge is 0.395 e. The minimum absolute atomic E-state index is 0.169. The average Bonchev–Trinajstić information content (AvgIpc) is 2.45. The molecule has 1 fully saturated rings. The van der Waals surface area contributed by atoms with E-state index in [0.29, 0.717) is 11.3 Å². The highest BCUT2D eigenvalue weighted by atomic mass is 32.2. The van der Waals surface area contributed by atoms with Gasteiger partial charge in [0, 0.05) is 35.5 Å². The highest BCUT2D eigenvalue weighted by Crippen LogP contribution is 2.30. The zero-order chi connectivity index (χ0) is 13.9. The van der Waals surface area contributed by atoms with Crippen molar-refractivity contribution in [2.75, 3.05) is 25.4 Å². The second-order valence-corrected chi connectivity index (χ2v) is 7.36. The third-order valence-electron chi connectivity index (χ3n) is 4.39. The van der Waals surface area contributed by atoms with E-state index in [1.807, 2.05) is 6.07 Å². The third-order valence-corrected chi connectivity index (χ3v) is 5.72. The number of hydrogen-bond donors (Lipinski definition) is 1. The van der Waals surface area contributed by atoms with Crippen molar-refractivity contribution in [2.24, 2.45) is 0 Å². The number of aliphatic hydroxyl groups is 1. The van der Waals surface area contributed by atoms with E-state index in [0.717, 1.165) is 13.1 Å². The predicted molar refractivity (Wildman–Crippen MR) is 83.8 cm³/mol. The number of rotatable bonds is 4. The SMILES string of the molecule is CC1SCCN(CC(C)(CO)c2ccccc2)C1C. The summed E-state index contributed by atoms with van der Waals surface area (Å²) in [5, 5.41) is 10.6. The summed E-state index contributed by atoms with van der Waals surface area (Å²) in [4.78, 5) is 2.53. The number of aliphatic hydroxyl groups excluding tert-OH is 1. The van der Waals surface area contributed by atoms with Crippen LogP contribution in [0.3, 0.4) is 0 Å². The van der Waals surface area contributed by atoms with Crippen molar-refractivity contribution in [1.82, 2.24) is 4.90 Å². The zero-order valence-corrected chi connectivity index (χ0v) is 13.0. The van der Waals surface area contributed by atoms with Gasteiger partial charge in [-0.25, -0.2) is 0 Å². The molecule has 0 saturated carbocycles. The van der Waals surface area contributed by atoms with Crippen molar-refractivity contribution in [3.8, 4) is 0 Å². The minimum atomic E-state index is -0.169. The Kier molecular flexibility index (Phi) is 4.93. The summed E-state index contributed by atoms with van der Waals surface area (Å²) in [6.07, 6.45) is 0. The van der Waals surface area contributed by atoms with E-state index in [1.165, 1.54) is 11.3 Å². The lowest BCUT2D eigenvalue weighted by Crippen LogP contribution is -2.51. The van der Waals surface area contributed by atoms with Gasteiger partial charge in [-0.05, 0) is 12.5 Å². The Morgan fingerprint density at radius 1 is 1.32 bits per heavy atom. The van der Waals surface area contributed by atoms with Gasteiger partial charge in [0.1, 0.15) is 0 Å². The number of benzene rings is 1. The number of nitrogens with zero attached hydrogens (tertiary/aromatic N) is 1. The van der Waals surface area contributed by atoms with Gasteiger partial charge in [-0.3, -0.25) is 4.90 Å². The first kappa shape index (κ1) is 14.9. The molecule has 2 nitrogen and oxygen atoms in total. The van der Waals surface area contributed by atoms with Crippen LogP contribution in [0.4, 0.5) is 0 Å². The topological polar surface area (TPSA) is 23.5 Å². The fourth-order valence-corrected chi connectivity index (χ4v) is 3.90. The summed E-state index contributed by atoms with van der Waals surface area (Å²) >= 11 is 2.06. The van der Waals surface area contributed by atoms with Crippen LogP contribution in [0.15, 0.2) is 30.3 Å². The molecule has 3 atom stereocenters. The van der Waals surface area contributed by atoms with Crippen molar-refractivity contribution in [1.29, 1.82) is 0 Å². The van der Waals surface area contributed by atoms with Crippen LogP contribution in [0.2, 0.25) is 0 Å². The lowest BCUT2D eigenvalue weighted by molar-refractivity contribution is 0.120. The average molecular weight is 279 g/mol. The molecule has 0 aromatic heterocycles. The summed E-state index contributed by atoms with van der Waals surface area (Å²) in [6, 6.07) is 11.0. The van der Waals surface area contributed by atoms with Crippen LogP contribution in [0, 0.1) is 0 Å². The molecule has 3 unspecified atom stereocenters. The quantitative estimate of drug-likeness (QED) is 0.917. The summed E-state index contributed by atoms with van der Waals surface area (Å²) in [5.74, 6) is 1.20. The van der Waals surface area contributed by atoms with E-state index in [9.17, 15) is 5.11 Å². The second-order valence-electron chi connectivity index (χ2n) is 5.87. The molecule has 1 aliphatic rings. The van der Waals surface area contributed by atoms with Crippen molar-refractivity contribution in [2.45, 2.75) is 37.5 Å². The van der Waals surface area contributed by atoms with Crippen molar-refractivity contribution < 1.29 is 5.11 Å². The van der Waals surface area contributed by atoms with Gasteiger partial charge in [0.2, 0.25) is 0 Å². The van der Waals surface area contributed by atoms with Gasteiger partial charge in [-0.15, -0.1) is 0 Å². The molecular weight excluding hydrogens is 254 g/mol. The standard InChI is InChI=1S/C16H25NOS/c1-13-14(2)19-10-9-17(13)11-16(3,12-18)15-7-5-4-6-8-15/h4-8,13-14,18H,9-12H2,1-3H3. The van der Waals surface area contributed by atoms with Crippen LogP contribution in [0.25, 0.3) is 0 Å². The maximum absolute atomic E-state index is 9.89. The molecule has 1 heterocycles. The molecule has 1 aromatic carbocycles. The van der Waals surface area contributed by atoms with Crippen LogP contribution >= 0.6 is 11.8 Å². The van der Waals surface area contributed by atoms with Crippen molar-refractivity contribution >= 4 is 11.8 Å². The first-order chi connectivity index (χ1) is 9.07. The molecular formula is C16H25NOS. The van der Waals surface area contributed by atoms with Crippen LogP contribution in [0.5, 0.6) is 0 Å². The molecule has 0 aliphatic carbocycles. The van der Waals surface area contributed by atoms with E-state index in [4.69, 9.17) is 0 Å². The fraction of sp³-hybridized carbons (Fsp3) is 0.625. The molecule has 1 N–H and O–H groups in total. The van der Waals surface area contributed by atoms with E-state index in [1.54, 1.807) is 0 Å². The summed E-state index contributed by atoms with van der Waals surface area (Å²) in [5.41, 5.74) is 1.06. The maximum Gasteiger partial charge on any atom is 0.0537 e. The third kappa shape index (κ3) is 3.33. The summed E-state index contributed by atoms with van der Waals surface area (Å²) in [6.45, 7) is 9.03. The minimum Gasteiger partial charge on any atom is -0.395 e. The predicted octanol–water partition coefficient (Wildman–Crippen LogP) is 2.76. The molecule has 0 radical (unpaired) electrons. The molecule has 3 heteroatoms. The van der Waals surface area contributed by atoms with E-state index in [-0.39, 0.29) is 12.0 Å². The van der Waals surface area contributed by atoms with Gasteiger partial charge in [-0.2, -0.15) is 11.8 Å². The molecule has 0 amide bonds. The van der Waals surface area contributed by atoms with Crippen LogP contribution in [-0.4, -0.2) is 46.7 Å². The van der Waals surface area contributed by atoms with Crippen LogP contribution in [-0.2, 0) is 5.41 Å². The Morgan fingerprint density at radius 2 is 2.00 bits per heavy atom. The van der Waals surface area contributed by atoms with E-state index in [2.05, 4.69) is 61.7 Å². The molecule has 0 spiro atoms. The Hall–Kier alpha value is -0.510. The first-order valence-electron chi connectivity index (χ1n) is 7.09.